The van der Waals surface area contributed by atoms with Crippen LogP contribution in [0.15, 0.2) is 0 Å². The number of morpholine rings is 1. The molecule has 0 aromatic heterocycles. The Morgan fingerprint density at radius 1 is 1.29 bits per heavy atom. The van der Waals surface area contributed by atoms with Gasteiger partial charge in [0.1, 0.15) is 0 Å². The third kappa shape index (κ3) is 3.85. The molecule has 0 aromatic carbocycles. The Morgan fingerprint density at radius 2 is 2.00 bits per heavy atom. The summed E-state index contributed by atoms with van der Waals surface area (Å²) in [5.74, 6) is -1.51. The third-order valence-electron chi connectivity index (χ3n) is 3.80. The fourth-order valence-electron chi connectivity index (χ4n) is 2.69. The van der Waals surface area contributed by atoms with E-state index in [1.807, 2.05) is 6.92 Å². The Labute approximate surface area is 123 Å². The van der Waals surface area contributed by atoms with E-state index in [4.69, 9.17) is 9.84 Å². The number of carbonyl (C=O) groups excluding carboxylic acids is 1. The minimum Gasteiger partial charge on any atom is -0.481 e. The molecule has 9 heteroatoms. The summed E-state index contributed by atoms with van der Waals surface area (Å²) in [5.41, 5.74) is 0. The summed E-state index contributed by atoms with van der Waals surface area (Å²) in [7, 11) is -3.29. The molecular formula is C12H20N2O6S. The van der Waals surface area contributed by atoms with Gasteiger partial charge in [0, 0.05) is 13.1 Å². The quantitative estimate of drug-likeness (QED) is 0.728. The number of sulfone groups is 1. The predicted octanol–water partition coefficient (Wildman–Crippen LogP) is -0.599. The number of rotatable bonds is 2. The van der Waals surface area contributed by atoms with Crippen molar-refractivity contribution >= 4 is 21.8 Å². The van der Waals surface area contributed by atoms with Gasteiger partial charge in [-0.2, -0.15) is 0 Å². The number of hydrogen-bond acceptors (Lipinski definition) is 5. The minimum atomic E-state index is -3.29. The van der Waals surface area contributed by atoms with Crippen molar-refractivity contribution in [1.29, 1.82) is 0 Å². The van der Waals surface area contributed by atoms with E-state index in [1.165, 1.54) is 4.90 Å². The van der Waals surface area contributed by atoms with Gasteiger partial charge in [-0.25, -0.2) is 13.2 Å². The highest BCUT2D eigenvalue weighted by molar-refractivity contribution is 7.91. The number of carboxylic acids is 1. The number of carbonyl (C=O) groups is 2. The van der Waals surface area contributed by atoms with Gasteiger partial charge in [0.25, 0.3) is 0 Å². The SMILES string of the molecule is CC1COCCN1C(=O)N1CCS(=O)(=O)CC1CC(=O)O. The van der Waals surface area contributed by atoms with Crippen LogP contribution in [0.1, 0.15) is 13.3 Å². The van der Waals surface area contributed by atoms with Crippen LogP contribution in [0, 0.1) is 0 Å². The van der Waals surface area contributed by atoms with Crippen LogP contribution in [-0.4, -0.2) is 85.2 Å². The van der Waals surface area contributed by atoms with Gasteiger partial charge in [-0.1, -0.05) is 0 Å². The Morgan fingerprint density at radius 3 is 2.62 bits per heavy atom. The molecular weight excluding hydrogens is 300 g/mol. The summed E-state index contributed by atoms with van der Waals surface area (Å²) in [5, 5.41) is 8.93. The summed E-state index contributed by atoms with van der Waals surface area (Å²) in [4.78, 5) is 26.5. The molecule has 0 aliphatic carbocycles. The molecule has 2 heterocycles. The molecule has 2 fully saturated rings. The van der Waals surface area contributed by atoms with Crippen molar-refractivity contribution in [1.82, 2.24) is 9.80 Å². The van der Waals surface area contributed by atoms with Gasteiger partial charge in [-0.15, -0.1) is 0 Å². The fourth-order valence-corrected chi connectivity index (χ4v) is 4.21. The second-order valence-corrected chi connectivity index (χ2v) is 7.69. The van der Waals surface area contributed by atoms with Crippen LogP contribution in [0.4, 0.5) is 4.79 Å². The molecule has 2 saturated heterocycles. The van der Waals surface area contributed by atoms with E-state index < -0.39 is 21.8 Å². The number of carboxylic acid groups (broad SMARTS) is 1. The maximum absolute atomic E-state index is 12.6. The molecule has 8 nitrogen and oxygen atoms in total. The van der Waals surface area contributed by atoms with Crippen LogP contribution >= 0.6 is 0 Å². The Balaban J connectivity index is 2.14. The second-order valence-electron chi connectivity index (χ2n) is 5.46. The summed E-state index contributed by atoms with van der Waals surface area (Å²) in [6.45, 7) is 3.20. The maximum Gasteiger partial charge on any atom is 0.320 e. The normalized spacial score (nSPS) is 29.2. The van der Waals surface area contributed by atoms with Crippen LogP contribution in [0.2, 0.25) is 0 Å². The number of hydrogen-bond donors (Lipinski definition) is 1. The van der Waals surface area contributed by atoms with Crippen LogP contribution in [0.5, 0.6) is 0 Å². The molecule has 2 amide bonds. The maximum atomic E-state index is 12.6. The van der Waals surface area contributed by atoms with Crippen molar-refractivity contribution in [2.45, 2.75) is 25.4 Å². The molecule has 120 valence electrons. The lowest BCUT2D eigenvalue weighted by molar-refractivity contribution is -0.138. The number of urea groups is 1. The van der Waals surface area contributed by atoms with Gasteiger partial charge < -0.3 is 19.6 Å². The lowest BCUT2D eigenvalue weighted by Crippen LogP contribution is -2.59. The molecule has 21 heavy (non-hydrogen) atoms. The highest BCUT2D eigenvalue weighted by atomic mass is 32.2. The van der Waals surface area contributed by atoms with Crippen molar-refractivity contribution in [3.8, 4) is 0 Å². The first kappa shape index (κ1) is 16.0. The van der Waals surface area contributed by atoms with Gasteiger partial charge in [-0.3, -0.25) is 4.79 Å². The summed E-state index contributed by atoms with van der Waals surface area (Å²) < 4.78 is 28.6. The van der Waals surface area contributed by atoms with E-state index in [0.29, 0.717) is 19.8 Å². The van der Waals surface area contributed by atoms with Crippen LogP contribution in [-0.2, 0) is 19.4 Å². The molecule has 0 radical (unpaired) electrons. The van der Waals surface area contributed by atoms with Crippen molar-refractivity contribution in [2.75, 3.05) is 37.8 Å². The van der Waals surface area contributed by atoms with E-state index in [9.17, 15) is 18.0 Å². The number of amides is 2. The summed E-state index contributed by atoms with van der Waals surface area (Å²) in [6.07, 6.45) is -0.357. The largest absolute Gasteiger partial charge is 0.481 e. The first-order valence-electron chi connectivity index (χ1n) is 6.87. The van der Waals surface area contributed by atoms with Crippen molar-refractivity contribution < 1.29 is 27.9 Å². The standard InChI is InChI=1S/C12H20N2O6S/c1-9-7-20-4-2-13(9)12(17)14-3-5-21(18,19)8-10(14)6-11(15)16/h9-10H,2-8H2,1H3,(H,15,16). The van der Waals surface area contributed by atoms with Gasteiger partial charge >= 0.3 is 12.0 Å². The zero-order chi connectivity index (χ0) is 15.6. The number of ether oxygens (including phenoxy) is 1. The molecule has 2 unspecified atom stereocenters. The van der Waals surface area contributed by atoms with Gasteiger partial charge in [0.05, 0.1) is 43.2 Å². The van der Waals surface area contributed by atoms with Crippen molar-refractivity contribution in [3.05, 3.63) is 0 Å². The summed E-state index contributed by atoms with van der Waals surface area (Å²) >= 11 is 0. The average molecular weight is 320 g/mol. The van der Waals surface area contributed by atoms with E-state index in [0.717, 1.165) is 0 Å². The first-order chi connectivity index (χ1) is 9.80. The fraction of sp³-hybridized carbons (Fsp3) is 0.833. The topological polar surface area (TPSA) is 104 Å². The molecule has 0 spiro atoms. The summed E-state index contributed by atoms with van der Waals surface area (Å²) in [6, 6.07) is -1.20. The predicted molar refractivity (Wildman–Crippen MR) is 73.8 cm³/mol. The lowest BCUT2D eigenvalue weighted by atomic mass is 10.2. The van der Waals surface area contributed by atoms with Crippen LogP contribution in [0.25, 0.3) is 0 Å². The van der Waals surface area contributed by atoms with E-state index in [2.05, 4.69) is 0 Å². The Bertz CT molecular complexity index is 520. The minimum absolute atomic E-state index is 0.0448. The Kier molecular flexibility index (Phi) is 4.72. The average Bonchev–Trinajstić information content (AvgIpc) is 2.37. The van der Waals surface area contributed by atoms with Gasteiger partial charge in [-0.05, 0) is 6.92 Å². The second kappa shape index (κ2) is 6.18. The van der Waals surface area contributed by atoms with E-state index in [-0.39, 0.29) is 36.5 Å². The lowest BCUT2D eigenvalue weighted by Gasteiger charge is -2.41. The zero-order valence-electron chi connectivity index (χ0n) is 11.9. The Hall–Kier alpha value is -1.35. The van der Waals surface area contributed by atoms with Gasteiger partial charge in [0.15, 0.2) is 9.84 Å². The van der Waals surface area contributed by atoms with E-state index >= 15 is 0 Å². The molecule has 0 saturated carbocycles. The molecule has 2 aliphatic heterocycles. The number of aliphatic carboxylic acids is 1. The highest BCUT2D eigenvalue weighted by Gasteiger charge is 2.38. The monoisotopic (exact) mass is 320 g/mol. The molecule has 2 aliphatic rings. The van der Waals surface area contributed by atoms with Crippen molar-refractivity contribution in [2.24, 2.45) is 0 Å². The molecule has 0 aromatic rings. The molecule has 1 N–H and O–H groups in total. The smallest absolute Gasteiger partial charge is 0.320 e. The number of nitrogens with zero attached hydrogens (tertiary/aromatic N) is 2. The van der Waals surface area contributed by atoms with E-state index in [1.54, 1.807) is 4.90 Å². The van der Waals surface area contributed by atoms with Crippen LogP contribution < -0.4 is 0 Å². The molecule has 2 atom stereocenters. The zero-order valence-corrected chi connectivity index (χ0v) is 12.7. The first-order valence-corrected chi connectivity index (χ1v) is 8.69. The molecule has 0 bridgehead atoms. The van der Waals surface area contributed by atoms with Crippen molar-refractivity contribution in [3.63, 3.8) is 0 Å². The van der Waals surface area contributed by atoms with Gasteiger partial charge in [0.2, 0.25) is 0 Å². The highest BCUT2D eigenvalue weighted by Crippen LogP contribution is 2.19. The third-order valence-corrected chi connectivity index (χ3v) is 5.50. The van der Waals surface area contributed by atoms with Crippen LogP contribution in [0.3, 0.4) is 0 Å². The molecule has 2 rings (SSSR count).